The molecular weight excluding hydrogens is 264 g/mol. The van der Waals surface area contributed by atoms with E-state index in [0.29, 0.717) is 0 Å². The van der Waals surface area contributed by atoms with E-state index in [0.717, 1.165) is 23.7 Å². The summed E-state index contributed by atoms with van der Waals surface area (Å²) in [7, 11) is 0. The summed E-state index contributed by atoms with van der Waals surface area (Å²) in [6, 6.07) is 0. The molecule has 0 bridgehead atoms. The van der Waals surface area contributed by atoms with Crippen molar-refractivity contribution in [2.24, 2.45) is 23.7 Å². The SMILES string of the molecule is C=CC1CCC(/C=C/CCC2CCC(CCCC)CC2)CC1. The van der Waals surface area contributed by atoms with Crippen LogP contribution in [0, 0.1) is 23.7 Å². The molecule has 0 aromatic heterocycles. The quantitative estimate of drug-likeness (QED) is 0.412. The van der Waals surface area contributed by atoms with Crippen LogP contribution in [0.2, 0.25) is 0 Å². The molecule has 0 saturated heterocycles. The summed E-state index contributed by atoms with van der Waals surface area (Å²) in [5.74, 6) is 3.75. The Bertz CT molecular complexity index is 311. The van der Waals surface area contributed by atoms with Crippen LogP contribution in [0.3, 0.4) is 0 Å². The van der Waals surface area contributed by atoms with Gasteiger partial charge in [-0.1, -0.05) is 70.1 Å². The maximum atomic E-state index is 3.94. The molecule has 0 aliphatic heterocycles. The summed E-state index contributed by atoms with van der Waals surface area (Å²) in [6.45, 7) is 6.26. The molecule has 0 heteroatoms. The lowest BCUT2D eigenvalue weighted by atomic mass is 9.78. The van der Waals surface area contributed by atoms with Crippen molar-refractivity contribution in [2.45, 2.75) is 90.4 Å². The average Bonchev–Trinajstić information content (AvgIpc) is 2.58. The highest BCUT2D eigenvalue weighted by Crippen LogP contribution is 2.34. The number of hydrogen-bond donors (Lipinski definition) is 0. The molecule has 2 fully saturated rings. The zero-order valence-corrected chi connectivity index (χ0v) is 14.9. The summed E-state index contributed by atoms with van der Waals surface area (Å²) in [5, 5.41) is 0. The first-order chi connectivity index (χ1) is 10.8. The lowest BCUT2D eigenvalue weighted by Gasteiger charge is -2.28. The molecule has 0 N–H and O–H groups in total. The Morgan fingerprint density at radius 1 is 0.818 bits per heavy atom. The molecule has 2 aliphatic rings. The van der Waals surface area contributed by atoms with Gasteiger partial charge in [-0.25, -0.2) is 0 Å². The van der Waals surface area contributed by atoms with Gasteiger partial charge in [0.05, 0.1) is 0 Å². The highest BCUT2D eigenvalue weighted by Gasteiger charge is 2.20. The minimum atomic E-state index is 0.799. The Hall–Kier alpha value is -0.520. The molecule has 2 aliphatic carbocycles. The molecule has 0 aromatic rings. The van der Waals surface area contributed by atoms with Crippen molar-refractivity contribution in [3.05, 3.63) is 24.8 Å². The molecule has 0 heterocycles. The maximum absolute atomic E-state index is 3.94. The lowest BCUT2D eigenvalue weighted by molar-refractivity contribution is 0.250. The molecule has 2 saturated carbocycles. The van der Waals surface area contributed by atoms with E-state index < -0.39 is 0 Å². The van der Waals surface area contributed by atoms with Crippen molar-refractivity contribution in [3.8, 4) is 0 Å². The Kier molecular flexibility index (Phi) is 8.34. The molecule has 0 unspecified atom stereocenters. The van der Waals surface area contributed by atoms with Crippen molar-refractivity contribution in [1.82, 2.24) is 0 Å². The number of unbranched alkanes of at least 4 members (excludes halogenated alkanes) is 1. The fourth-order valence-electron chi connectivity index (χ4n) is 4.50. The predicted octanol–water partition coefficient (Wildman–Crippen LogP) is 7.31. The summed E-state index contributed by atoms with van der Waals surface area (Å²) < 4.78 is 0. The first-order valence-electron chi connectivity index (χ1n) is 10.1. The van der Waals surface area contributed by atoms with Crippen LogP contribution in [-0.2, 0) is 0 Å². The van der Waals surface area contributed by atoms with Crippen molar-refractivity contribution in [3.63, 3.8) is 0 Å². The largest absolute Gasteiger partial charge is 0.103 e. The van der Waals surface area contributed by atoms with Crippen LogP contribution in [-0.4, -0.2) is 0 Å². The minimum absolute atomic E-state index is 0.799. The van der Waals surface area contributed by atoms with Gasteiger partial charge >= 0.3 is 0 Å². The zero-order valence-electron chi connectivity index (χ0n) is 14.9. The van der Waals surface area contributed by atoms with Gasteiger partial charge in [0, 0.05) is 0 Å². The van der Waals surface area contributed by atoms with Crippen LogP contribution >= 0.6 is 0 Å². The number of allylic oxidation sites excluding steroid dienone is 3. The minimum Gasteiger partial charge on any atom is -0.103 e. The Labute approximate surface area is 139 Å². The molecule has 0 aromatic carbocycles. The van der Waals surface area contributed by atoms with E-state index in [-0.39, 0.29) is 0 Å². The molecule has 0 amide bonds. The van der Waals surface area contributed by atoms with Gasteiger partial charge in [-0.3, -0.25) is 0 Å². The topological polar surface area (TPSA) is 0 Å². The van der Waals surface area contributed by atoms with E-state index in [1.54, 1.807) is 0 Å². The van der Waals surface area contributed by atoms with Gasteiger partial charge in [0.15, 0.2) is 0 Å². The van der Waals surface area contributed by atoms with Crippen LogP contribution in [0.5, 0.6) is 0 Å². The lowest BCUT2D eigenvalue weighted by Crippen LogP contribution is -2.14. The van der Waals surface area contributed by atoms with Crippen LogP contribution < -0.4 is 0 Å². The Morgan fingerprint density at radius 2 is 1.41 bits per heavy atom. The highest BCUT2D eigenvalue weighted by molar-refractivity contribution is 4.94. The average molecular weight is 303 g/mol. The third kappa shape index (κ3) is 6.31. The normalized spacial score (nSPS) is 33.1. The molecular formula is C22H38. The van der Waals surface area contributed by atoms with Crippen molar-refractivity contribution in [2.75, 3.05) is 0 Å². The number of hydrogen-bond acceptors (Lipinski definition) is 0. The molecule has 0 atom stereocenters. The van der Waals surface area contributed by atoms with Crippen molar-refractivity contribution in [1.29, 1.82) is 0 Å². The van der Waals surface area contributed by atoms with E-state index in [2.05, 4.69) is 31.7 Å². The second-order valence-corrected chi connectivity index (χ2v) is 7.95. The molecule has 2 rings (SSSR count). The van der Waals surface area contributed by atoms with Gasteiger partial charge < -0.3 is 0 Å². The van der Waals surface area contributed by atoms with Crippen LogP contribution in [0.25, 0.3) is 0 Å². The Morgan fingerprint density at radius 3 is 2.00 bits per heavy atom. The maximum Gasteiger partial charge on any atom is -0.0233 e. The van der Waals surface area contributed by atoms with Crippen molar-refractivity contribution < 1.29 is 0 Å². The third-order valence-corrected chi connectivity index (χ3v) is 6.23. The fourth-order valence-corrected chi connectivity index (χ4v) is 4.50. The standard InChI is InChI=1S/C22H38/c1-3-5-8-20-15-17-22(18-16-20)10-7-6-9-21-13-11-19(4-2)12-14-21/h4,6,9,19-22H,2-3,5,7-8,10-18H2,1H3/b9-6+. The van der Waals surface area contributed by atoms with E-state index >= 15 is 0 Å². The fraction of sp³-hybridized carbons (Fsp3) is 0.818. The molecule has 0 radical (unpaired) electrons. The van der Waals surface area contributed by atoms with E-state index in [4.69, 9.17) is 0 Å². The second kappa shape index (κ2) is 10.3. The smallest absolute Gasteiger partial charge is 0.0233 e. The second-order valence-electron chi connectivity index (χ2n) is 7.95. The monoisotopic (exact) mass is 302 g/mol. The van der Waals surface area contributed by atoms with Crippen molar-refractivity contribution >= 4 is 0 Å². The first-order valence-corrected chi connectivity index (χ1v) is 10.1. The van der Waals surface area contributed by atoms with Gasteiger partial charge in [-0.05, 0) is 62.2 Å². The van der Waals surface area contributed by atoms with Gasteiger partial charge in [-0.15, -0.1) is 6.58 Å². The zero-order chi connectivity index (χ0) is 15.6. The van der Waals surface area contributed by atoms with Crippen LogP contribution in [0.1, 0.15) is 90.4 Å². The van der Waals surface area contributed by atoms with Gasteiger partial charge in [0.1, 0.15) is 0 Å². The summed E-state index contributed by atoms with van der Waals surface area (Å²) in [6.07, 6.45) is 25.8. The van der Waals surface area contributed by atoms with E-state index in [1.807, 2.05) is 0 Å². The van der Waals surface area contributed by atoms with Crippen LogP contribution in [0.15, 0.2) is 24.8 Å². The Balaban J connectivity index is 1.54. The molecule has 126 valence electrons. The first kappa shape index (κ1) is 17.8. The van der Waals surface area contributed by atoms with Crippen LogP contribution in [0.4, 0.5) is 0 Å². The molecule has 0 nitrogen and oxygen atoms in total. The molecule has 0 spiro atoms. The third-order valence-electron chi connectivity index (χ3n) is 6.23. The van der Waals surface area contributed by atoms with Gasteiger partial charge in [0.2, 0.25) is 0 Å². The summed E-state index contributed by atoms with van der Waals surface area (Å²) in [5.41, 5.74) is 0. The number of rotatable bonds is 8. The van der Waals surface area contributed by atoms with E-state index in [9.17, 15) is 0 Å². The highest BCUT2D eigenvalue weighted by atomic mass is 14.3. The summed E-state index contributed by atoms with van der Waals surface area (Å²) >= 11 is 0. The predicted molar refractivity (Wildman–Crippen MR) is 99.0 cm³/mol. The molecule has 22 heavy (non-hydrogen) atoms. The van der Waals surface area contributed by atoms with E-state index in [1.165, 1.54) is 83.5 Å². The summed E-state index contributed by atoms with van der Waals surface area (Å²) in [4.78, 5) is 0. The van der Waals surface area contributed by atoms with Gasteiger partial charge in [0.25, 0.3) is 0 Å². The van der Waals surface area contributed by atoms with Gasteiger partial charge in [-0.2, -0.15) is 0 Å².